The van der Waals surface area contributed by atoms with E-state index in [1.807, 2.05) is 0 Å². The Bertz CT molecular complexity index is 437. The van der Waals surface area contributed by atoms with Crippen molar-refractivity contribution in [2.24, 2.45) is 0 Å². The van der Waals surface area contributed by atoms with Crippen LogP contribution in [-0.2, 0) is 14.3 Å². The fourth-order valence-electron chi connectivity index (χ4n) is 1.18. The number of hydrogen-bond acceptors (Lipinski definition) is 4. The molecule has 0 aliphatic heterocycles. The summed E-state index contributed by atoms with van der Waals surface area (Å²) in [4.78, 5) is 21.8. The predicted octanol–water partition coefficient (Wildman–Crippen LogP) is 1.35. The van der Waals surface area contributed by atoms with Crippen LogP contribution in [0.2, 0.25) is 0 Å². The number of carbonyl (C=O) groups excluding carboxylic acids is 2. The zero-order valence-corrected chi connectivity index (χ0v) is 10.3. The summed E-state index contributed by atoms with van der Waals surface area (Å²) in [5.74, 6) is -0.121. The smallest absolute Gasteiger partial charge is 0.337 e. The number of esters is 1. The van der Waals surface area contributed by atoms with Gasteiger partial charge >= 0.3 is 5.97 Å². The molecule has 96 valence electrons. The van der Waals surface area contributed by atoms with Crippen LogP contribution >= 0.6 is 0 Å². The van der Waals surface area contributed by atoms with E-state index in [2.05, 4.69) is 10.1 Å². The molecule has 1 aromatic rings. The standard InChI is InChI=1S/C13H15NO4/c1-10(15)14-8-7-11-3-5-12(6-4-11)18-13(16)9-17-2/h3-8H,9H2,1-2H3,(H,14,15)/b8-7+. The Labute approximate surface area is 105 Å². The summed E-state index contributed by atoms with van der Waals surface area (Å²) in [6, 6.07) is 6.88. The van der Waals surface area contributed by atoms with E-state index < -0.39 is 5.97 Å². The predicted molar refractivity (Wildman–Crippen MR) is 66.8 cm³/mol. The zero-order valence-electron chi connectivity index (χ0n) is 10.3. The summed E-state index contributed by atoms with van der Waals surface area (Å²) in [5, 5.41) is 2.54. The minimum Gasteiger partial charge on any atom is -0.425 e. The molecule has 0 aromatic heterocycles. The van der Waals surface area contributed by atoms with E-state index in [1.54, 1.807) is 36.5 Å². The Morgan fingerprint density at radius 3 is 2.50 bits per heavy atom. The summed E-state index contributed by atoms with van der Waals surface area (Å²) in [5.41, 5.74) is 0.885. The number of ether oxygens (including phenoxy) is 2. The first-order chi connectivity index (χ1) is 8.61. The van der Waals surface area contributed by atoms with Gasteiger partial charge in [-0.15, -0.1) is 0 Å². The van der Waals surface area contributed by atoms with E-state index in [4.69, 9.17) is 4.74 Å². The average Bonchev–Trinajstić information content (AvgIpc) is 2.31. The highest BCUT2D eigenvalue weighted by Gasteiger charge is 2.02. The molecule has 1 rings (SSSR count). The molecular weight excluding hydrogens is 234 g/mol. The molecule has 0 bridgehead atoms. The zero-order chi connectivity index (χ0) is 13.4. The molecule has 0 aliphatic carbocycles. The number of benzene rings is 1. The Morgan fingerprint density at radius 2 is 1.94 bits per heavy atom. The van der Waals surface area contributed by atoms with Crippen LogP contribution in [0.4, 0.5) is 0 Å². The third-order valence-electron chi connectivity index (χ3n) is 1.94. The average molecular weight is 249 g/mol. The topological polar surface area (TPSA) is 64.6 Å². The summed E-state index contributed by atoms with van der Waals surface area (Å²) >= 11 is 0. The molecule has 0 unspecified atom stereocenters. The van der Waals surface area contributed by atoms with Gasteiger partial charge in [-0.2, -0.15) is 0 Å². The first-order valence-electron chi connectivity index (χ1n) is 5.35. The van der Waals surface area contributed by atoms with Gasteiger partial charge in [0.2, 0.25) is 5.91 Å². The summed E-state index contributed by atoms with van der Waals surface area (Å²) in [6.45, 7) is 1.35. The summed E-state index contributed by atoms with van der Waals surface area (Å²) < 4.78 is 9.64. The van der Waals surface area contributed by atoms with Crippen molar-refractivity contribution in [3.63, 3.8) is 0 Å². The first kappa shape index (κ1) is 13.9. The Kier molecular flexibility index (Phi) is 5.60. The van der Waals surface area contributed by atoms with E-state index >= 15 is 0 Å². The molecule has 0 radical (unpaired) electrons. The maximum absolute atomic E-state index is 11.1. The number of amides is 1. The molecular formula is C13H15NO4. The third-order valence-corrected chi connectivity index (χ3v) is 1.94. The van der Waals surface area contributed by atoms with Gasteiger partial charge in [0.15, 0.2) is 0 Å². The van der Waals surface area contributed by atoms with Crippen molar-refractivity contribution in [3.8, 4) is 5.75 Å². The Morgan fingerprint density at radius 1 is 1.28 bits per heavy atom. The second-order valence-corrected chi connectivity index (χ2v) is 3.51. The van der Waals surface area contributed by atoms with Crippen LogP contribution < -0.4 is 10.1 Å². The van der Waals surface area contributed by atoms with Crippen molar-refractivity contribution in [1.29, 1.82) is 0 Å². The van der Waals surface area contributed by atoms with Crippen LogP contribution in [0.25, 0.3) is 6.08 Å². The number of rotatable bonds is 5. The second-order valence-electron chi connectivity index (χ2n) is 3.51. The lowest BCUT2D eigenvalue weighted by Crippen LogP contribution is -2.14. The molecule has 0 saturated heterocycles. The van der Waals surface area contributed by atoms with Gasteiger partial charge in [-0.3, -0.25) is 4.79 Å². The molecule has 0 atom stereocenters. The second kappa shape index (κ2) is 7.24. The van der Waals surface area contributed by atoms with Crippen LogP contribution in [0.5, 0.6) is 5.75 Å². The normalized spacial score (nSPS) is 10.3. The van der Waals surface area contributed by atoms with Gasteiger partial charge < -0.3 is 14.8 Å². The lowest BCUT2D eigenvalue weighted by atomic mass is 10.2. The fraction of sp³-hybridized carbons (Fsp3) is 0.231. The van der Waals surface area contributed by atoms with E-state index in [-0.39, 0.29) is 12.5 Å². The van der Waals surface area contributed by atoms with Crippen molar-refractivity contribution < 1.29 is 19.1 Å². The highest BCUT2D eigenvalue weighted by atomic mass is 16.6. The van der Waals surface area contributed by atoms with E-state index in [9.17, 15) is 9.59 Å². The van der Waals surface area contributed by atoms with Crippen molar-refractivity contribution in [3.05, 3.63) is 36.0 Å². The highest BCUT2D eigenvalue weighted by Crippen LogP contribution is 2.13. The maximum atomic E-state index is 11.1. The molecule has 0 saturated carbocycles. The molecule has 1 amide bonds. The van der Waals surface area contributed by atoms with Gasteiger partial charge in [0.25, 0.3) is 0 Å². The van der Waals surface area contributed by atoms with Crippen LogP contribution in [0.1, 0.15) is 12.5 Å². The Hall–Kier alpha value is -2.14. The van der Waals surface area contributed by atoms with Gasteiger partial charge in [-0.25, -0.2) is 4.79 Å². The van der Waals surface area contributed by atoms with Crippen LogP contribution in [0, 0.1) is 0 Å². The quantitative estimate of drug-likeness (QED) is 0.632. The van der Waals surface area contributed by atoms with Gasteiger partial charge in [0.05, 0.1) is 0 Å². The molecule has 0 heterocycles. The third kappa shape index (κ3) is 5.27. The number of methoxy groups -OCH3 is 1. The molecule has 0 spiro atoms. The van der Waals surface area contributed by atoms with Crippen LogP contribution in [-0.4, -0.2) is 25.6 Å². The lowest BCUT2D eigenvalue weighted by molar-refractivity contribution is -0.138. The van der Waals surface area contributed by atoms with Crippen molar-refractivity contribution in [1.82, 2.24) is 5.32 Å². The van der Waals surface area contributed by atoms with Gasteiger partial charge in [-0.1, -0.05) is 12.1 Å². The lowest BCUT2D eigenvalue weighted by Gasteiger charge is -2.03. The van der Waals surface area contributed by atoms with Gasteiger partial charge in [0, 0.05) is 20.2 Å². The van der Waals surface area contributed by atoms with Crippen LogP contribution in [0.3, 0.4) is 0 Å². The van der Waals surface area contributed by atoms with Crippen LogP contribution in [0.15, 0.2) is 30.5 Å². The highest BCUT2D eigenvalue weighted by molar-refractivity contribution is 5.75. The van der Waals surface area contributed by atoms with Gasteiger partial charge in [0.1, 0.15) is 12.4 Å². The molecule has 0 aliphatic rings. The minimum absolute atomic E-state index is 0.0792. The van der Waals surface area contributed by atoms with Crippen molar-refractivity contribution in [2.75, 3.05) is 13.7 Å². The largest absolute Gasteiger partial charge is 0.425 e. The van der Waals surface area contributed by atoms with E-state index in [0.29, 0.717) is 5.75 Å². The maximum Gasteiger partial charge on any atom is 0.337 e. The number of hydrogen-bond donors (Lipinski definition) is 1. The SMILES string of the molecule is COCC(=O)Oc1ccc(/C=C/NC(C)=O)cc1. The first-order valence-corrected chi connectivity index (χ1v) is 5.35. The fourth-order valence-corrected chi connectivity index (χ4v) is 1.18. The molecule has 0 fully saturated rings. The van der Waals surface area contributed by atoms with E-state index in [0.717, 1.165) is 5.56 Å². The number of carbonyl (C=O) groups is 2. The monoisotopic (exact) mass is 249 g/mol. The van der Waals surface area contributed by atoms with Crippen molar-refractivity contribution >= 4 is 18.0 Å². The molecule has 5 heteroatoms. The molecule has 18 heavy (non-hydrogen) atoms. The van der Waals surface area contributed by atoms with E-state index in [1.165, 1.54) is 14.0 Å². The minimum atomic E-state index is -0.445. The molecule has 5 nitrogen and oxygen atoms in total. The number of nitrogens with one attached hydrogen (secondary N) is 1. The summed E-state index contributed by atoms with van der Waals surface area (Å²) in [7, 11) is 1.43. The Balaban J connectivity index is 2.54. The molecule has 1 aromatic carbocycles. The summed E-state index contributed by atoms with van der Waals surface area (Å²) in [6.07, 6.45) is 3.29. The van der Waals surface area contributed by atoms with Gasteiger partial charge in [-0.05, 0) is 23.8 Å². The van der Waals surface area contributed by atoms with Crippen molar-refractivity contribution in [2.45, 2.75) is 6.92 Å². The molecule has 1 N–H and O–H groups in total.